The highest BCUT2D eigenvalue weighted by Crippen LogP contribution is 2.39. The van der Waals surface area contributed by atoms with Gasteiger partial charge in [-0.1, -0.05) is 79.4 Å². The van der Waals surface area contributed by atoms with Crippen LogP contribution in [0.2, 0.25) is 0 Å². The van der Waals surface area contributed by atoms with E-state index in [4.69, 9.17) is 12.2 Å². The molecule has 0 spiro atoms. The fourth-order valence-corrected chi connectivity index (χ4v) is 4.50. The third-order valence-electron chi connectivity index (χ3n) is 4.54. The van der Waals surface area contributed by atoms with Gasteiger partial charge in [0.05, 0.1) is 11.3 Å². The molecule has 1 fully saturated rings. The van der Waals surface area contributed by atoms with E-state index in [-0.39, 0.29) is 17.2 Å². The second-order valence-electron chi connectivity index (χ2n) is 6.15. The number of thioether (sulfide) groups is 1. The van der Waals surface area contributed by atoms with Gasteiger partial charge in [0.2, 0.25) is 5.91 Å². The number of amides is 1. The van der Waals surface area contributed by atoms with Crippen molar-refractivity contribution in [1.29, 1.82) is 0 Å². The molecule has 1 aliphatic heterocycles. The summed E-state index contributed by atoms with van der Waals surface area (Å²) < 4.78 is 0.680. The second-order valence-corrected chi connectivity index (χ2v) is 7.98. The molecular weight excluding hydrogens is 334 g/mol. The molecule has 2 unspecified atom stereocenters. The van der Waals surface area contributed by atoms with Crippen molar-refractivity contribution in [1.82, 2.24) is 4.90 Å². The molecule has 0 saturated carbocycles. The molecule has 1 aliphatic rings. The summed E-state index contributed by atoms with van der Waals surface area (Å²) in [4.78, 5) is 14.7. The van der Waals surface area contributed by atoms with Crippen LogP contribution in [-0.4, -0.2) is 20.4 Å². The molecule has 1 amide bonds. The molecule has 2 aromatic carbocycles. The van der Waals surface area contributed by atoms with Gasteiger partial charge in [0, 0.05) is 0 Å². The summed E-state index contributed by atoms with van der Waals surface area (Å²) in [5.74, 6) is 0.125. The summed E-state index contributed by atoms with van der Waals surface area (Å²) in [6.07, 6.45) is 0.800. The van der Waals surface area contributed by atoms with E-state index >= 15 is 0 Å². The van der Waals surface area contributed by atoms with Gasteiger partial charge in [-0.25, -0.2) is 0 Å². The van der Waals surface area contributed by atoms with Gasteiger partial charge in [-0.05, 0) is 42.5 Å². The van der Waals surface area contributed by atoms with E-state index in [1.165, 1.54) is 22.9 Å². The van der Waals surface area contributed by atoms with Crippen molar-refractivity contribution < 1.29 is 4.79 Å². The van der Waals surface area contributed by atoms with Gasteiger partial charge < -0.3 is 0 Å². The molecule has 124 valence electrons. The van der Waals surface area contributed by atoms with Crippen LogP contribution >= 0.6 is 24.0 Å². The summed E-state index contributed by atoms with van der Waals surface area (Å²) in [5, 5.41) is -0.0599. The lowest BCUT2D eigenvalue weighted by Gasteiger charge is -2.29. The van der Waals surface area contributed by atoms with E-state index in [0.717, 1.165) is 17.5 Å². The summed E-state index contributed by atoms with van der Waals surface area (Å²) in [6.45, 7) is 6.25. The molecule has 0 radical (unpaired) electrons. The Balaban J connectivity index is 2.11. The number of nitrogens with zero attached hydrogens (tertiary/aromatic N) is 1. The highest BCUT2D eigenvalue weighted by Gasteiger charge is 2.41. The maximum Gasteiger partial charge on any atom is 0.242 e. The van der Waals surface area contributed by atoms with Crippen LogP contribution in [0.5, 0.6) is 0 Å². The normalized spacial score (nSPS) is 19.0. The molecule has 0 bridgehead atoms. The van der Waals surface area contributed by atoms with E-state index in [9.17, 15) is 4.79 Å². The number of benzene rings is 2. The quantitative estimate of drug-likeness (QED) is 0.717. The lowest BCUT2D eigenvalue weighted by atomic mass is 9.94. The van der Waals surface area contributed by atoms with Crippen LogP contribution in [0.4, 0.5) is 0 Å². The molecule has 24 heavy (non-hydrogen) atoms. The standard InChI is InChI=1S/C20H21NOS2/c1-4-17-19(22)21(20(23)24-17)18(15-8-6-5-7-9-15)16-11-10-13(2)14(3)12-16/h5-12,17-18H,4H2,1-3H3. The Kier molecular flexibility index (Phi) is 5.07. The van der Waals surface area contributed by atoms with Crippen LogP contribution in [0, 0.1) is 13.8 Å². The molecule has 4 heteroatoms. The summed E-state index contributed by atoms with van der Waals surface area (Å²) >= 11 is 7.08. The molecule has 0 aromatic heterocycles. The number of aryl methyl sites for hydroxylation is 2. The highest BCUT2D eigenvalue weighted by molar-refractivity contribution is 8.24. The minimum absolute atomic E-state index is 0.0599. The van der Waals surface area contributed by atoms with E-state index in [1.54, 1.807) is 0 Å². The fraction of sp³-hybridized carbons (Fsp3) is 0.300. The number of carbonyl (C=O) groups excluding carboxylic acids is 1. The van der Waals surface area contributed by atoms with Crippen molar-refractivity contribution >= 4 is 34.2 Å². The Bertz CT molecular complexity index is 772. The van der Waals surface area contributed by atoms with Crippen molar-refractivity contribution in [2.24, 2.45) is 0 Å². The lowest BCUT2D eigenvalue weighted by molar-refractivity contribution is -0.127. The van der Waals surface area contributed by atoms with Crippen molar-refractivity contribution in [2.75, 3.05) is 0 Å². The summed E-state index contributed by atoms with van der Waals surface area (Å²) in [5.41, 5.74) is 4.68. The molecule has 3 rings (SSSR count). The zero-order valence-corrected chi connectivity index (χ0v) is 15.8. The minimum Gasteiger partial charge on any atom is -0.285 e. The number of thiocarbonyl (C=S) groups is 1. The van der Waals surface area contributed by atoms with Gasteiger partial charge in [-0.15, -0.1) is 0 Å². The molecule has 2 aromatic rings. The van der Waals surface area contributed by atoms with E-state index in [0.29, 0.717) is 4.32 Å². The Morgan fingerprint density at radius 1 is 1.08 bits per heavy atom. The van der Waals surface area contributed by atoms with Gasteiger partial charge in [-0.2, -0.15) is 0 Å². The minimum atomic E-state index is -0.158. The monoisotopic (exact) mass is 355 g/mol. The second kappa shape index (κ2) is 7.08. The van der Waals surface area contributed by atoms with Crippen molar-refractivity contribution in [3.05, 3.63) is 70.8 Å². The van der Waals surface area contributed by atoms with Crippen LogP contribution in [0.3, 0.4) is 0 Å². The molecule has 0 N–H and O–H groups in total. The molecular formula is C20H21NOS2. The molecule has 0 aliphatic carbocycles. The average Bonchev–Trinajstić information content (AvgIpc) is 2.87. The number of hydrogen-bond acceptors (Lipinski definition) is 3. The highest BCUT2D eigenvalue weighted by atomic mass is 32.2. The fourth-order valence-electron chi connectivity index (χ4n) is 3.03. The Morgan fingerprint density at radius 2 is 1.79 bits per heavy atom. The zero-order valence-electron chi connectivity index (χ0n) is 14.2. The maximum absolute atomic E-state index is 12.9. The first-order valence-corrected chi connectivity index (χ1v) is 9.47. The summed E-state index contributed by atoms with van der Waals surface area (Å²) in [7, 11) is 0. The third kappa shape index (κ3) is 3.13. The van der Waals surface area contributed by atoms with E-state index < -0.39 is 0 Å². The maximum atomic E-state index is 12.9. The number of rotatable bonds is 4. The van der Waals surface area contributed by atoms with Gasteiger partial charge in [-0.3, -0.25) is 9.69 Å². The predicted octanol–water partition coefficient (Wildman–Crippen LogP) is 5.03. The largest absolute Gasteiger partial charge is 0.285 e. The topological polar surface area (TPSA) is 20.3 Å². The molecule has 1 saturated heterocycles. The Morgan fingerprint density at radius 3 is 2.38 bits per heavy atom. The van der Waals surface area contributed by atoms with Crippen LogP contribution < -0.4 is 0 Å². The molecule has 1 heterocycles. The Hall–Kier alpha value is -1.65. The molecule has 2 atom stereocenters. The van der Waals surface area contributed by atoms with Crippen LogP contribution in [0.1, 0.15) is 41.6 Å². The third-order valence-corrected chi connectivity index (χ3v) is 6.25. The van der Waals surface area contributed by atoms with Gasteiger partial charge in [0.1, 0.15) is 4.32 Å². The SMILES string of the molecule is CCC1SC(=S)N(C(c2ccccc2)c2ccc(C)c(C)c2)C1=O. The van der Waals surface area contributed by atoms with Gasteiger partial charge in [0.25, 0.3) is 0 Å². The van der Waals surface area contributed by atoms with Gasteiger partial charge in [0.15, 0.2) is 0 Å². The van der Waals surface area contributed by atoms with Gasteiger partial charge >= 0.3 is 0 Å². The zero-order chi connectivity index (χ0) is 17.3. The first-order valence-electron chi connectivity index (χ1n) is 8.18. The number of hydrogen-bond donors (Lipinski definition) is 0. The smallest absolute Gasteiger partial charge is 0.242 e. The average molecular weight is 356 g/mol. The Labute approximate surface area is 153 Å². The van der Waals surface area contributed by atoms with Crippen molar-refractivity contribution in [3.63, 3.8) is 0 Å². The molecule has 2 nitrogen and oxygen atoms in total. The van der Waals surface area contributed by atoms with Crippen LogP contribution in [-0.2, 0) is 4.79 Å². The number of carbonyl (C=O) groups is 1. The van der Waals surface area contributed by atoms with E-state index in [1.807, 2.05) is 30.0 Å². The first-order chi connectivity index (χ1) is 11.5. The predicted molar refractivity (Wildman–Crippen MR) is 105 cm³/mol. The summed E-state index contributed by atoms with van der Waals surface area (Å²) in [6, 6.07) is 16.4. The van der Waals surface area contributed by atoms with Crippen molar-refractivity contribution in [3.8, 4) is 0 Å². The van der Waals surface area contributed by atoms with E-state index in [2.05, 4.69) is 44.2 Å². The van der Waals surface area contributed by atoms with Crippen LogP contribution in [0.15, 0.2) is 48.5 Å². The van der Waals surface area contributed by atoms with Crippen LogP contribution in [0.25, 0.3) is 0 Å². The van der Waals surface area contributed by atoms with Crippen molar-refractivity contribution in [2.45, 2.75) is 38.5 Å². The first kappa shape index (κ1) is 17.2. The lowest BCUT2D eigenvalue weighted by Crippen LogP contribution is -2.35.